The average Bonchev–Trinajstić information content (AvgIpc) is 2.70. The Labute approximate surface area is 121 Å². The minimum atomic E-state index is -0.349. The molecular formula is C13H18N4O4. The van der Waals surface area contributed by atoms with E-state index < -0.39 is 0 Å². The third kappa shape index (κ3) is 3.88. The van der Waals surface area contributed by atoms with E-state index >= 15 is 0 Å². The molecule has 8 nitrogen and oxygen atoms in total. The molecule has 0 spiro atoms. The van der Waals surface area contributed by atoms with Gasteiger partial charge in [0.15, 0.2) is 0 Å². The van der Waals surface area contributed by atoms with E-state index in [1.807, 2.05) is 0 Å². The van der Waals surface area contributed by atoms with E-state index in [1.165, 1.54) is 28.8 Å². The molecule has 1 aliphatic rings. The zero-order valence-electron chi connectivity index (χ0n) is 11.9. The molecule has 1 aliphatic heterocycles. The fraction of sp³-hybridized carbons (Fsp3) is 0.538. The third-order valence-corrected chi connectivity index (χ3v) is 3.14. The highest BCUT2D eigenvalue weighted by atomic mass is 16.5. The number of rotatable bonds is 4. The molecule has 8 heteroatoms. The van der Waals surface area contributed by atoms with E-state index in [0.29, 0.717) is 26.1 Å². The van der Waals surface area contributed by atoms with Gasteiger partial charge in [0.05, 0.1) is 19.7 Å². The van der Waals surface area contributed by atoms with Crippen LogP contribution in [-0.2, 0) is 16.1 Å². The standard InChI is InChI=1S/C13H18N4O4/c1-21-8-7-17-12(19)4-3-10(15-17)13(20)16-6-2-5-14-11(18)9-16/h3-4H,2,5-9H2,1H3,(H,14,18). The van der Waals surface area contributed by atoms with E-state index in [-0.39, 0.29) is 36.2 Å². The maximum Gasteiger partial charge on any atom is 0.274 e. The molecule has 1 fully saturated rings. The minimum absolute atomic E-state index is 0.0116. The van der Waals surface area contributed by atoms with Gasteiger partial charge in [-0.3, -0.25) is 14.4 Å². The van der Waals surface area contributed by atoms with Gasteiger partial charge in [-0.25, -0.2) is 4.68 Å². The zero-order chi connectivity index (χ0) is 15.2. The minimum Gasteiger partial charge on any atom is -0.383 e. The van der Waals surface area contributed by atoms with Crippen LogP contribution in [0.1, 0.15) is 16.9 Å². The van der Waals surface area contributed by atoms with Crippen LogP contribution >= 0.6 is 0 Å². The molecular weight excluding hydrogens is 276 g/mol. The quantitative estimate of drug-likeness (QED) is 0.757. The highest BCUT2D eigenvalue weighted by Gasteiger charge is 2.22. The lowest BCUT2D eigenvalue weighted by Crippen LogP contribution is -2.38. The molecule has 2 amide bonds. The first kappa shape index (κ1) is 15.2. The molecule has 0 bridgehead atoms. The fourth-order valence-electron chi connectivity index (χ4n) is 2.04. The van der Waals surface area contributed by atoms with E-state index in [9.17, 15) is 14.4 Å². The number of ether oxygens (including phenoxy) is 1. The van der Waals surface area contributed by atoms with Gasteiger partial charge in [-0.2, -0.15) is 5.10 Å². The summed E-state index contributed by atoms with van der Waals surface area (Å²) >= 11 is 0. The fourth-order valence-corrected chi connectivity index (χ4v) is 2.04. The van der Waals surface area contributed by atoms with Gasteiger partial charge in [0, 0.05) is 26.3 Å². The van der Waals surface area contributed by atoms with Crippen molar-refractivity contribution in [2.45, 2.75) is 13.0 Å². The highest BCUT2D eigenvalue weighted by molar-refractivity contribution is 5.94. The van der Waals surface area contributed by atoms with Crippen molar-refractivity contribution in [2.75, 3.05) is 33.4 Å². The van der Waals surface area contributed by atoms with Crippen molar-refractivity contribution in [3.05, 3.63) is 28.2 Å². The number of nitrogens with one attached hydrogen (secondary N) is 1. The first-order chi connectivity index (χ1) is 10.1. The lowest BCUT2D eigenvalue weighted by molar-refractivity contribution is -0.121. The summed E-state index contributed by atoms with van der Waals surface area (Å²) in [5.41, 5.74) is -0.141. The molecule has 1 aromatic rings. The van der Waals surface area contributed by atoms with E-state index in [2.05, 4.69) is 10.4 Å². The molecule has 0 aromatic carbocycles. The Bertz CT molecular complexity index is 584. The van der Waals surface area contributed by atoms with Crippen molar-refractivity contribution in [3.8, 4) is 0 Å². The molecule has 1 aromatic heterocycles. The van der Waals surface area contributed by atoms with Crippen LogP contribution in [-0.4, -0.2) is 59.8 Å². The summed E-state index contributed by atoms with van der Waals surface area (Å²) in [6.07, 6.45) is 0.695. The molecule has 0 saturated carbocycles. The van der Waals surface area contributed by atoms with Gasteiger partial charge in [-0.15, -0.1) is 0 Å². The number of hydrogen-bond donors (Lipinski definition) is 1. The molecule has 0 aliphatic carbocycles. The maximum absolute atomic E-state index is 12.4. The van der Waals surface area contributed by atoms with E-state index in [0.717, 1.165) is 0 Å². The van der Waals surface area contributed by atoms with E-state index in [1.54, 1.807) is 0 Å². The Morgan fingerprint density at radius 1 is 1.43 bits per heavy atom. The summed E-state index contributed by atoms with van der Waals surface area (Å²) in [6, 6.07) is 2.69. The Hall–Kier alpha value is -2.22. The molecule has 21 heavy (non-hydrogen) atoms. The molecule has 0 radical (unpaired) electrons. The second-order valence-electron chi connectivity index (χ2n) is 4.70. The molecule has 2 rings (SSSR count). The number of carbonyl (C=O) groups is 2. The van der Waals surface area contributed by atoms with Gasteiger partial charge in [-0.05, 0) is 12.5 Å². The molecule has 0 atom stereocenters. The van der Waals surface area contributed by atoms with Gasteiger partial charge >= 0.3 is 0 Å². The van der Waals surface area contributed by atoms with Crippen LogP contribution in [0.3, 0.4) is 0 Å². The zero-order valence-corrected chi connectivity index (χ0v) is 11.9. The van der Waals surface area contributed by atoms with Crippen LogP contribution in [0.5, 0.6) is 0 Å². The van der Waals surface area contributed by atoms with Gasteiger partial charge in [0.1, 0.15) is 5.69 Å². The number of carbonyl (C=O) groups excluding carboxylic acids is 2. The summed E-state index contributed by atoms with van der Waals surface area (Å²) in [5.74, 6) is -0.535. The summed E-state index contributed by atoms with van der Waals surface area (Å²) < 4.78 is 6.09. The number of hydrogen-bond acceptors (Lipinski definition) is 5. The second kappa shape index (κ2) is 6.98. The van der Waals surface area contributed by atoms with E-state index in [4.69, 9.17) is 4.74 Å². The van der Waals surface area contributed by atoms with Gasteiger partial charge in [0.2, 0.25) is 5.91 Å². The molecule has 1 saturated heterocycles. The number of nitrogens with zero attached hydrogens (tertiary/aromatic N) is 3. The Balaban J connectivity index is 2.18. The number of amides is 2. The summed E-state index contributed by atoms with van der Waals surface area (Å²) in [4.78, 5) is 36.9. The molecule has 2 heterocycles. The van der Waals surface area contributed by atoms with Crippen LogP contribution in [0.25, 0.3) is 0 Å². The second-order valence-corrected chi connectivity index (χ2v) is 4.70. The largest absolute Gasteiger partial charge is 0.383 e. The predicted molar refractivity (Wildman–Crippen MR) is 73.9 cm³/mol. The molecule has 0 unspecified atom stereocenters. The van der Waals surface area contributed by atoms with Crippen LogP contribution in [0.4, 0.5) is 0 Å². The maximum atomic E-state index is 12.4. The van der Waals surface area contributed by atoms with Crippen LogP contribution < -0.4 is 10.9 Å². The Kier molecular flexibility index (Phi) is 5.04. The first-order valence-electron chi connectivity index (χ1n) is 6.75. The predicted octanol–water partition coefficient (Wildman–Crippen LogP) is -1.15. The molecule has 114 valence electrons. The van der Waals surface area contributed by atoms with Crippen molar-refractivity contribution in [1.29, 1.82) is 0 Å². The third-order valence-electron chi connectivity index (χ3n) is 3.14. The monoisotopic (exact) mass is 294 g/mol. The van der Waals surface area contributed by atoms with Crippen LogP contribution in [0.2, 0.25) is 0 Å². The first-order valence-corrected chi connectivity index (χ1v) is 6.75. The van der Waals surface area contributed by atoms with Crippen molar-refractivity contribution in [2.24, 2.45) is 0 Å². The summed E-state index contributed by atoms with van der Waals surface area (Å²) in [6.45, 7) is 1.66. The Morgan fingerprint density at radius 2 is 2.24 bits per heavy atom. The summed E-state index contributed by atoms with van der Waals surface area (Å²) in [5, 5.41) is 6.75. The van der Waals surface area contributed by atoms with Gasteiger partial charge < -0.3 is 15.0 Å². The molecule has 1 N–H and O–H groups in total. The Morgan fingerprint density at radius 3 is 3.00 bits per heavy atom. The number of aromatic nitrogens is 2. The number of methoxy groups -OCH3 is 1. The highest BCUT2D eigenvalue weighted by Crippen LogP contribution is 2.03. The summed E-state index contributed by atoms with van der Waals surface area (Å²) in [7, 11) is 1.52. The van der Waals surface area contributed by atoms with Crippen molar-refractivity contribution >= 4 is 11.8 Å². The lowest BCUT2D eigenvalue weighted by Gasteiger charge is -2.18. The van der Waals surface area contributed by atoms with Crippen molar-refractivity contribution < 1.29 is 14.3 Å². The van der Waals surface area contributed by atoms with Crippen molar-refractivity contribution in [3.63, 3.8) is 0 Å². The van der Waals surface area contributed by atoms with Crippen LogP contribution in [0, 0.1) is 0 Å². The normalized spacial score (nSPS) is 15.5. The average molecular weight is 294 g/mol. The van der Waals surface area contributed by atoms with Gasteiger partial charge in [-0.1, -0.05) is 0 Å². The lowest BCUT2D eigenvalue weighted by atomic mass is 10.3. The SMILES string of the molecule is COCCn1nc(C(=O)N2CCCNC(=O)C2)ccc1=O. The topological polar surface area (TPSA) is 93.5 Å². The smallest absolute Gasteiger partial charge is 0.274 e. The van der Waals surface area contributed by atoms with Gasteiger partial charge in [0.25, 0.3) is 11.5 Å². The van der Waals surface area contributed by atoms with Crippen molar-refractivity contribution in [1.82, 2.24) is 20.0 Å². The van der Waals surface area contributed by atoms with Crippen LogP contribution in [0.15, 0.2) is 16.9 Å².